The van der Waals surface area contributed by atoms with Gasteiger partial charge in [-0.15, -0.1) is 0 Å². The Hall–Kier alpha value is -1.71. The highest BCUT2D eigenvalue weighted by Crippen LogP contribution is 2.08. The van der Waals surface area contributed by atoms with Crippen molar-refractivity contribution in [1.82, 2.24) is 0 Å². The molecule has 0 bridgehead atoms. The molecule has 1 aliphatic heterocycles. The number of nitrogens with zero attached hydrogens (tertiary/aromatic N) is 2. The molecule has 0 saturated heterocycles. The lowest BCUT2D eigenvalue weighted by atomic mass is 10.1. The molecule has 0 saturated carbocycles. The van der Waals surface area contributed by atoms with Crippen LogP contribution in [-0.4, -0.2) is 18.2 Å². The average Bonchev–Trinajstić information content (AvgIpc) is 2.56. The Bertz CT molecular complexity index is 381. The summed E-state index contributed by atoms with van der Waals surface area (Å²) in [7, 11) is 0. The van der Waals surface area contributed by atoms with Gasteiger partial charge in [-0.2, -0.15) is 0 Å². The Kier molecular flexibility index (Phi) is 2.26. The van der Waals surface area contributed by atoms with Crippen LogP contribution in [0.25, 0.3) is 0 Å². The van der Waals surface area contributed by atoms with E-state index in [2.05, 4.69) is 9.98 Å². The molecule has 0 spiro atoms. The van der Waals surface area contributed by atoms with Crippen molar-refractivity contribution < 1.29 is 4.39 Å². The van der Waals surface area contributed by atoms with Crippen molar-refractivity contribution in [3.05, 3.63) is 35.6 Å². The van der Waals surface area contributed by atoms with Gasteiger partial charge in [0.05, 0.1) is 6.04 Å². The number of aliphatic imine (C=N–C) groups is 2. The Morgan fingerprint density at radius 1 is 1.29 bits per heavy atom. The van der Waals surface area contributed by atoms with Crippen LogP contribution in [0.4, 0.5) is 4.39 Å². The first-order valence-electron chi connectivity index (χ1n) is 4.36. The lowest BCUT2D eigenvalue weighted by Crippen LogP contribution is -2.09. The zero-order valence-corrected chi connectivity index (χ0v) is 7.52. The van der Waals surface area contributed by atoms with Crippen molar-refractivity contribution in [3.8, 4) is 0 Å². The second-order valence-corrected chi connectivity index (χ2v) is 3.16. The van der Waals surface area contributed by atoms with Crippen molar-refractivity contribution in [2.24, 2.45) is 15.7 Å². The molecule has 0 aromatic heterocycles. The largest absolute Gasteiger partial charge is 0.368 e. The third-order valence-corrected chi connectivity index (χ3v) is 2.04. The maximum Gasteiger partial charge on any atom is 0.215 e. The highest BCUT2D eigenvalue weighted by Gasteiger charge is 2.10. The number of rotatable bonds is 2. The fourth-order valence-corrected chi connectivity index (χ4v) is 1.36. The Morgan fingerprint density at radius 3 is 2.57 bits per heavy atom. The highest BCUT2D eigenvalue weighted by molar-refractivity contribution is 5.93. The van der Waals surface area contributed by atoms with Gasteiger partial charge in [-0.25, -0.2) is 14.4 Å². The summed E-state index contributed by atoms with van der Waals surface area (Å²) in [5.74, 6) is 0.0916. The summed E-state index contributed by atoms with van der Waals surface area (Å²) in [6.07, 6.45) is 2.42. The SMILES string of the molecule is NC1=NC(Cc2ccc(F)cc2)C=N1. The summed E-state index contributed by atoms with van der Waals surface area (Å²) in [4.78, 5) is 7.94. The summed E-state index contributed by atoms with van der Waals surface area (Å²) in [5, 5.41) is 0. The predicted octanol–water partition coefficient (Wildman–Crippen LogP) is 1.14. The third-order valence-electron chi connectivity index (χ3n) is 2.04. The molecule has 2 N–H and O–H groups in total. The number of hydrogen-bond donors (Lipinski definition) is 1. The number of nitrogens with two attached hydrogens (primary N) is 1. The maximum absolute atomic E-state index is 12.6. The lowest BCUT2D eigenvalue weighted by molar-refractivity contribution is 0.626. The fraction of sp³-hybridized carbons (Fsp3) is 0.200. The van der Waals surface area contributed by atoms with Crippen molar-refractivity contribution >= 4 is 12.2 Å². The van der Waals surface area contributed by atoms with Crippen LogP contribution in [0.1, 0.15) is 5.56 Å². The number of benzene rings is 1. The van der Waals surface area contributed by atoms with Crippen LogP contribution < -0.4 is 5.73 Å². The average molecular weight is 191 g/mol. The van der Waals surface area contributed by atoms with E-state index in [1.807, 2.05) is 0 Å². The van der Waals surface area contributed by atoms with Crippen LogP contribution in [-0.2, 0) is 6.42 Å². The van der Waals surface area contributed by atoms with Gasteiger partial charge in [0.25, 0.3) is 0 Å². The molecule has 1 atom stereocenters. The molecule has 0 radical (unpaired) electrons. The first-order chi connectivity index (χ1) is 6.74. The van der Waals surface area contributed by atoms with Crippen LogP contribution in [0.2, 0.25) is 0 Å². The first-order valence-corrected chi connectivity index (χ1v) is 4.36. The van der Waals surface area contributed by atoms with Crippen LogP contribution >= 0.6 is 0 Å². The molecule has 1 unspecified atom stereocenters. The van der Waals surface area contributed by atoms with E-state index in [4.69, 9.17) is 5.73 Å². The van der Waals surface area contributed by atoms with E-state index in [1.54, 1.807) is 18.3 Å². The predicted molar refractivity (Wildman–Crippen MR) is 54.0 cm³/mol. The number of hydrogen-bond acceptors (Lipinski definition) is 3. The number of halogens is 1. The molecular formula is C10H10FN3. The lowest BCUT2D eigenvalue weighted by Gasteiger charge is -2.02. The third kappa shape index (κ3) is 1.96. The fourth-order valence-electron chi connectivity index (χ4n) is 1.36. The smallest absolute Gasteiger partial charge is 0.215 e. The van der Waals surface area contributed by atoms with Crippen molar-refractivity contribution in [1.29, 1.82) is 0 Å². The minimum absolute atomic E-state index is 0.000427. The molecule has 0 aliphatic carbocycles. The first kappa shape index (κ1) is 8.87. The second kappa shape index (κ2) is 3.57. The minimum atomic E-state index is -0.225. The molecule has 0 amide bonds. The molecule has 1 aromatic carbocycles. The van der Waals surface area contributed by atoms with Gasteiger partial charge >= 0.3 is 0 Å². The van der Waals surface area contributed by atoms with Gasteiger partial charge in [0.1, 0.15) is 5.82 Å². The van der Waals surface area contributed by atoms with E-state index >= 15 is 0 Å². The van der Waals surface area contributed by atoms with E-state index in [0.29, 0.717) is 12.4 Å². The minimum Gasteiger partial charge on any atom is -0.368 e. The molecule has 4 heteroatoms. The molecule has 2 rings (SSSR count). The molecule has 1 aromatic rings. The van der Waals surface area contributed by atoms with Crippen LogP contribution in [0.3, 0.4) is 0 Å². The van der Waals surface area contributed by atoms with Crippen LogP contribution in [0, 0.1) is 5.82 Å². The zero-order chi connectivity index (χ0) is 9.97. The van der Waals surface area contributed by atoms with Crippen LogP contribution in [0.5, 0.6) is 0 Å². The quantitative estimate of drug-likeness (QED) is 0.748. The summed E-state index contributed by atoms with van der Waals surface area (Å²) in [5.41, 5.74) is 6.42. The summed E-state index contributed by atoms with van der Waals surface area (Å²) in [6.45, 7) is 0. The molecule has 72 valence electrons. The Balaban J connectivity index is 2.05. The summed E-state index contributed by atoms with van der Waals surface area (Å²) >= 11 is 0. The van der Waals surface area contributed by atoms with E-state index in [1.165, 1.54) is 12.1 Å². The van der Waals surface area contributed by atoms with Crippen molar-refractivity contribution in [2.45, 2.75) is 12.5 Å². The Labute approximate surface area is 81.2 Å². The summed E-state index contributed by atoms with van der Waals surface area (Å²) < 4.78 is 12.6. The maximum atomic E-state index is 12.6. The van der Waals surface area contributed by atoms with Gasteiger partial charge in [-0.05, 0) is 24.1 Å². The Morgan fingerprint density at radius 2 is 2.00 bits per heavy atom. The standard InChI is InChI=1S/C10H10FN3/c11-8-3-1-7(2-4-8)5-9-6-13-10(12)14-9/h1-4,6,9H,5H2,(H2,12,14). The zero-order valence-electron chi connectivity index (χ0n) is 7.52. The molecule has 3 nitrogen and oxygen atoms in total. The second-order valence-electron chi connectivity index (χ2n) is 3.16. The van der Waals surface area contributed by atoms with Crippen molar-refractivity contribution in [3.63, 3.8) is 0 Å². The van der Waals surface area contributed by atoms with E-state index in [-0.39, 0.29) is 11.9 Å². The molecular weight excluding hydrogens is 181 g/mol. The van der Waals surface area contributed by atoms with Gasteiger partial charge in [0, 0.05) is 6.21 Å². The normalized spacial score (nSPS) is 19.8. The molecule has 1 heterocycles. The summed E-state index contributed by atoms with van der Waals surface area (Å²) in [6, 6.07) is 6.36. The van der Waals surface area contributed by atoms with E-state index in [0.717, 1.165) is 5.56 Å². The van der Waals surface area contributed by atoms with E-state index < -0.39 is 0 Å². The van der Waals surface area contributed by atoms with E-state index in [9.17, 15) is 4.39 Å². The molecule has 0 fully saturated rings. The van der Waals surface area contributed by atoms with Gasteiger partial charge in [0.2, 0.25) is 5.96 Å². The topological polar surface area (TPSA) is 50.7 Å². The number of guanidine groups is 1. The van der Waals surface area contributed by atoms with Gasteiger partial charge < -0.3 is 5.73 Å². The van der Waals surface area contributed by atoms with Crippen molar-refractivity contribution in [2.75, 3.05) is 0 Å². The van der Waals surface area contributed by atoms with Crippen LogP contribution in [0.15, 0.2) is 34.3 Å². The monoisotopic (exact) mass is 191 g/mol. The van der Waals surface area contributed by atoms with Gasteiger partial charge in [-0.3, -0.25) is 0 Å². The van der Waals surface area contributed by atoms with Gasteiger partial charge in [-0.1, -0.05) is 12.1 Å². The highest BCUT2D eigenvalue weighted by atomic mass is 19.1. The van der Waals surface area contributed by atoms with Gasteiger partial charge in [0.15, 0.2) is 0 Å². The molecule has 1 aliphatic rings. The molecule has 14 heavy (non-hydrogen) atoms.